The Bertz CT molecular complexity index is 820. The quantitative estimate of drug-likeness (QED) is 0.150. The van der Waals surface area contributed by atoms with Crippen molar-refractivity contribution >= 4 is 21.7 Å². The lowest BCUT2D eigenvalue weighted by Gasteiger charge is -2.26. The number of nitrogens with one attached hydrogen (secondary N) is 2. The molecule has 1 heterocycles. The first-order chi connectivity index (χ1) is 15.5. The number of unbranched alkanes of at least 4 members (excludes halogenated alkanes) is 3. The fraction of sp³-hybridized carbons (Fsp3) is 0.682. The predicted molar refractivity (Wildman–Crippen MR) is 126 cm³/mol. The van der Waals surface area contributed by atoms with E-state index in [1.54, 1.807) is 37.6 Å². The van der Waals surface area contributed by atoms with Crippen LogP contribution < -0.4 is 10.6 Å². The van der Waals surface area contributed by atoms with E-state index in [1.807, 2.05) is 0 Å². The largest absolute Gasteiger partial charge is 0.355 e. The van der Waals surface area contributed by atoms with Gasteiger partial charge in [0.25, 0.3) is 0 Å². The second-order valence-electron chi connectivity index (χ2n) is 7.99. The number of guanidine groups is 1. The SMILES string of the molecule is CCS(=O)(=O)N(CCCCCCN/C(=N\C#N)Nc1ccncc1)OCC1CCCCC1. The van der Waals surface area contributed by atoms with Crippen molar-refractivity contribution in [1.29, 1.82) is 5.26 Å². The fourth-order valence-electron chi connectivity index (χ4n) is 3.63. The summed E-state index contributed by atoms with van der Waals surface area (Å²) >= 11 is 0. The van der Waals surface area contributed by atoms with E-state index in [0.717, 1.165) is 44.2 Å². The van der Waals surface area contributed by atoms with Gasteiger partial charge in [-0.2, -0.15) is 5.26 Å². The van der Waals surface area contributed by atoms with E-state index in [1.165, 1.54) is 23.7 Å². The molecular weight excluding hydrogens is 428 g/mol. The van der Waals surface area contributed by atoms with Crippen LogP contribution in [0.15, 0.2) is 29.5 Å². The number of hydrogen-bond acceptors (Lipinski definition) is 6. The average Bonchev–Trinajstić information content (AvgIpc) is 2.81. The first-order valence-corrected chi connectivity index (χ1v) is 13.2. The van der Waals surface area contributed by atoms with Crippen LogP contribution in [-0.4, -0.2) is 49.3 Å². The van der Waals surface area contributed by atoms with Gasteiger partial charge in [-0.15, -0.1) is 4.99 Å². The molecule has 0 aliphatic heterocycles. The molecule has 0 radical (unpaired) electrons. The lowest BCUT2D eigenvalue weighted by molar-refractivity contribution is -0.103. The summed E-state index contributed by atoms with van der Waals surface area (Å²) in [6.45, 7) is 3.20. The third kappa shape index (κ3) is 9.94. The van der Waals surface area contributed by atoms with E-state index in [9.17, 15) is 8.42 Å². The third-order valence-electron chi connectivity index (χ3n) is 5.52. The molecule has 0 bridgehead atoms. The summed E-state index contributed by atoms with van der Waals surface area (Å²) in [6, 6.07) is 3.59. The molecule has 1 fully saturated rings. The van der Waals surface area contributed by atoms with Crippen LogP contribution in [0, 0.1) is 17.4 Å². The molecule has 32 heavy (non-hydrogen) atoms. The molecule has 0 atom stereocenters. The highest BCUT2D eigenvalue weighted by atomic mass is 32.2. The molecule has 1 aromatic rings. The van der Waals surface area contributed by atoms with Crippen LogP contribution in [0.1, 0.15) is 64.7 Å². The second kappa shape index (κ2) is 14.8. The topological polar surface area (TPSA) is 120 Å². The minimum atomic E-state index is -3.37. The van der Waals surface area contributed by atoms with Crippen LogP contribution in [0.4, 0.5) is 5.69 Å². The maximum Gasteiger partial charge on any atom is 0.235 e. The Hall–Kier alpha value is -2.22. The summed E-state index contributed by atoms with van der Waals surface area (Å²) in [7, 11) is -3.37. The molecule has 2 N–H and O–H groups in total. The monoisotopic (exact) mass is 464 g/mol. The third-order valence-corrected chi connectivity index (χ3v) is 7.16. The van der Waals surface area contributed by atoms with Gasteiger partial charge in [-0.25, -0.2) is 8.42 Å². The Morgan fingerprint density at radius 3 is 2.62 bits per heavy atom. The van der Waals surface area contributed by atoms with Gasteiger partial charge in [0.1, 0.15) is 0 Å². The maximum absolute atomic E-state index is 12.4. The number of anilines is 1. The Kier molecular flexibility index (Phi) is 12.0. The van der Waals surface area contributed by atoms with Crippen molar-refractivity contribution in [2.75, 3.05) is 30.8 Å². The van der Waals surface area contributed by atoms with Crippen LogP contribution in [0.5, 0.6) is 0 Å². The second-order valence-corrected chi connectivity index (χ2v) is 10.1. The minimum absolute atomic E-state index is 0.0487. The zero-order valence-corrected chi connectivity index (χ0v) is 19.8. The first-order valence-electron chi connectivity index (χ1n) is 11.6. The van der Waals surface area contributed by atoms with Crippen molar-refractivity contribution in [2.45, 2.75) is 64.7 Å². The van der Waals surface area contributed by atoms with Gasteiger partial charge in [-0.05, 0) is 50.7 Å². The number of hydrogen-bond donors (Lipinski definition) is 2. The van der Waals surface area contributed by atoms with Gasteiger partial charge in [0, 0.05) is 31.2 Å². The maximum atomic E-state index is 12.4. The Labute approximate surface area is 192 Å². The Balaban J connectivity index is 1.66. The lowest BCUT2D eigenvalue weighted by Crippen LogP contribution is -2.35. The normalized spacial score (nSPS) is 15.5. The summed E-state index contributed by atoms with van der Waals surface area (Å²) in [4.78, 5) is 13.5. The smallest absolute Gasteiger partial charge is 0.235 e. The summed E-state index contributed by atoms with van der Waals surface area (Å²) < 4.78 is 25.9. The van der Waals surface area contributed by atoms with Crippen LogP contribution in [0.2, 0.25) is 0 Å². The first kappa shape index (κ1) is 26.0. The van der Waals surface area contributed by atoms with Gasteiger partial charge in [0.2, 0.25) is 22.2 Å². The molecule has 1 aliphatic rings. The number of nitriles is 1. The summed E-state index contributed by atoms with van der Waals surface area (Å²) in [6.07, 6.45) is 14.5. The minimum Gasteiger partial charge on any atom is -0.355 e. The highest BCUT2D eigenvalue weighted by Crippen LogP contribution is 2.24. The highest BCUT2D eigenvalue weighted by molar-refractivity contribution is 7.88. The summed E-state index contributed by atoms with van der Waals surface area (Å²) in [5, 5.41) is 15.0. The fourth-order valence-corrected chi connectivity index (χ4v) is 4.55. The molecule has 0 amide bonds. The molecule has 1 saturated carbocycles. The van der Waals surface area contributed by atoms with Gasteiger partial charge in [0.15, 0.2) is 0 Å². The van der Waals surface area contributed by atoms with Gasteiger partial charge in [-0.3, -0.25) is 9.82 Å². The molecule has 0 saturated heterocycles. The van der Waals surface area contributed by atoms with Crippen molar-refractivity contribution in [2.24, 2.45) is 10.9 Å². The number of aliphatic imine (C=N–C) groups is 1. The van der Waals surface area contributed by atoms with E-state index in [0.29, 0.717) is 31.6 Å². The molecule has 0 spiro atoms. The number of rotatable bonds is 13. The Morgan fingerprint density at radius 2 is 1.94 bits per heavy atom. The van der Waals surface area contributed by atoms with E-state index < -0.39 is 10.0 Å². The van der Waals surface area contributed by atoms with Crippen molar-refractivity contribution in [3.05, 3.63) is 24.5 Å². The molecule has 1 aromatic heterocycles. The Morgan fingerprint density at radius 1 is 1.22 bits per heavy atom. The number of sulfonamides is 1. The van der Waals surface area contributed by atoms with Gasteiger partial charge in [-0.1, -0.05) is 36.6 Å². The van der Waals surface area contributed by atoms with Gasteiger partial charge in [0.05, 0.1) is 12.4 Å². The van der Waals surface area contributed by atoms with Crippen LogP contribution in [-0.2, 0) is 14.9 Å². The van der Waals surface area contributed by atoms with E-state index >= 15 is 0 Å². The number of nitrogens with zero attached hydrogens (tertiary/aromatic N) is 4. The number of aromatic nitrogens is 1. The molecule has 9 nitrogen and oxygen atoms in total. The van der Waals surface area contributed by atoms with E-state index in [4.69, 9.17) is 10.1 Å². The van der Waals surface area contributed by atoms with Crippen LogP contribution in [0.3, 0.4) is 0 Å². The van der Waals surface area contributed by atoms with Crippen molar-refractivity contribution < 1.29 is 13.3 Å². The van der Waals surface area contributed by atoms with Crippen LogP contribution >= 0.6 is 0 Å². The average molecular weight is 465 g/mol. The molecule has 1 aliphatic carbocycles. The lowest BCUT2D eigenvalue weighted by atomic mass is 9.90. The van der Waals surface area contributed by atoms with Gasteiger partial charge < -0.3 is 10.6 Å². The zero-order valence-electron chi connectivity index (χ0n) is 19.0. The van der Waals surface area contributed by atoms with Crippen LogP contribution in [0.25, 0.3) is 0 Å². The molecular formula is C22H36N6O3S. The highest BCUT2D eigenvalue weighted by Gasteiger charge is 2.23. The predicted octanol–water partition coefficient (Wildman–Crippen LogP) is 3.64. The number of pyridine rings is 1. The molecule has 0 unspecified atom stereocenters. The van der Waals surface area contributed by atoms with E-state index in [2.05, 4.69) is 20.6 Å². The summed E-state index contributed by atoms with van der Waals surface area (Å²) in [5.74, 6) is 0.914. The molecule has 2 rings (SSSR count). The zero-order chi connectivity index (χ0) is 23.1. The van der Waals surface area contributed by atoms with Gasteiger partial charge >= 0.3 is 0 Å². The van der Waals surface area contributed by atoms with Crippen molar-refractivity contribution in [3.8, 4) is 6.19 Å². The molecule has 0 aromatic carbocycles. The molecule has 178 valence electrons. The summed E-state index contributed by atoms with van der Waals surface area (Å²) in [5.41, 5.74) is 0.798. The number of hydroxylamine groups is 1. The van der Waals surface area contributed by atoms with E-state index in [-0.39, 0.29) is 5.75 Å². The van der Waals surface area contributed by atoms with Crippen molar-refractivity contribution in [3.63, 3.8) is 0 Å². The standard InChI is InChI=1S/C22H36N6O3S/c1-2-32(29,30)28(31-18-20-10-6-5-7-11-20)17-9-4-3-8-14-25-22(26-19-23)27-21-12-15-24-16-13-21/h12-13,15-16,20H,2-11,14,17-18H2,1H3,(H2,24,25,26,27). The molecule has 10 heteroatoms. The van der Waals surface area contributed by atoms with Crippen molar-refractivity contribution in [1.82, 2.24) is 14.8 Å².